The number of aryl methyl sites for hydroxylation is 2. The first-order valence-corrected chi connectivity index (χ1v) is 7.70. The Balaban J connectivity index is 2.14. The summed E-state index contributed by atoms with van der Waals surface area (Å²) in [7, 11) is 1.57. The molecule has 0 saturated carbocycles. The number of urea groups is 1. The lowest BCUT2D eigenvalue weighted by Gasteiger charge is -2.18. The van der Waals surface area contributed by atoms with Crippen LogP contribution in [0.15, 0.2) is 47.4 Å². The Kier molecular flexibility index (Phi) is 5.23. The number of hydrogen-bond acceptors (Lipinski definition) is 4. The molecule has 2 amide bonds. The molecule has 0 fully saturated rings. The van der Waals surface area contributed by atoms with Crippen molar-refractivity contribution in [1.82, 2.24) is 4.31 Å². The van der Waals surface area contributed by atoms with E-state index in [1.165, 1.54) is 10.4 Å². The topological polar surface area (TPSA) is 75.5 Å². The highest BCUT2D eigenvalue weighted by atomic mass is 32.2. The van der Waals surface area contributed by atoms with Gasteiger partial charge in [-0.1, -0.05) is 30.3 Å². The number of carbonyl (C=O) groups is 1. The van der Waals surface area contributed by atoms with Gasteiger partial charge >= 0.3 is 6.03 Å². The van der Waals surface area contributed by atoms with Gasteiger partial charge in [-0.05, 0) is 43.0 Å². The maximum absolute atomic E-state index is 12.3. The molecule has 0 radical (unpaired) electrons. The van der Waals surface area contributed by atoms with Crippen LogP contribution in [0, 0.1) is 24.0 Å². The summed E-state index contributed by atoms with van der Waals surface area (Å²) in [5.74, 6) is 0. The zero-order valence-electron chi connectivity index (χ0n) is 13.1. The summed E-state index contributed by atoms with van der Waals surface area (Å²) in [6, 6.07) is 11.7. The van der Waals surface area contributed by atoms with Crippen molar-refractivity contribution in [1.29, 1.82) is 0 Å². The molecule has 120 valence electrons. The first kappa shape index (κ1) is 16.8. The molecule has 0 aliphatic carbocycles. The molecule has 2 aromatic carbocycles. The van der Waals surface area contributed by atoms with Crippen LogP contribution >= 0.6 is 11.9 Å². The van der Waals surface area contributed by atoms with Crippen molar-refractivity contribution in [3.63, 3.8) is 0 Å². The Morgan fingerprint density at radius 1 is 1.13 bits per heavy atom. The molecule has 2 aromatic rings. The van der Waals surface area contributed by atoms with E-state index >= 15 is 0 Å². The van der Waals surface area contributed by atoms with Gasteiger partial charge in [0.25, 0.3) is 5.69 Å². The van der Waals surface area contributed by atoms with Crippen molar-refractivity contribution in [2.45, 2.75) is 18.7 Å². The average molecular weight is 331 g/mol. The van der Waals surface area contributed by atoms with Crippen LogP contribution in [0.3, 0.4) is 0 Å². The van der Waals surface area contributed by atoms with Crippen LogP contribution in [0.5, 0.6) is 0 Å². The minimum Gasteiger partial charge on any atom is -0.307 e. The standard InChI is InChI=1S/C16H17N3O3S/c1-11-7-6-8-12(2)15(11)17-16(20)18(3)23-14-10-5-4-9-13(14)19(21)22/h4-10H,1-3H3,(H,17,20). The van der Waals surface area contributed by atoms with E-state index in [2.05, 4.69) is 5.32 Å². The van der Waals surface area contributed by atoms with Crippen molar-refractivity contribution in [2.24, 2.45) is 0 Å². The summed E-state index contributed by atoms with van der Waals surface area (Å²) in [6.45, 7) is 3.83. The lowest BCUT2D eigenvalue weighted by atomic mass is 10.1. The van der Waals surface area contributed by atoms with Crippen molar-refractivity contribution in [3.05, 3.63) is 63.7 Å². The van der Waals surface area contributed by atoms with Gasteiger partial charge in [0.15, 0.2) is 0 Å². The molecule has 6 nitrogen and oxygen atoms in total. The molecule has 0 aromatic heterocycles. The minimum absolute atomic E-state index is 0.0239. The molecule has 0 atom stereocenters. The van der Waals surface area contributed by atoms with Crippen molar-refractivity contribution in [3.8, 4) is 0 Å². The van der Waals surface area contributed by atoms with Gasteiger partial charge in [0.1, 0.15) is 4.90 Å². The van der Waals surface area contributed by atoms with Crippen molar-refractivity contribution in [2.75, 3.05) is 12.4 Å². The number of hydrogen-bond donors (Lipinski definition) is 1. The van der Waals surface area contributed by atoms with E-state index in [1.54, 1.807) is 25.2 Å². The summed E-state index contributed by atoms with van der Waals surface area (Å²) in [5, 5.41) is 13.9. The molecule has 1 N–H and O–H groups in total. The normalized spacial score (nSPS) is 10.2. The summed E-state index contributed by atoms with van der Waals surface area (Å²) >= 11 is 1.02. The van der Waals surface area contributed by atoms with Gasteiger partial charge in [0.05, 0.1) is 4.92 Å². The molecular weight excluding hydrogens is 314 g/mol. The van der Waals surface area contributed by atoms with Gasteiger partial charge in [-0.3, -0.25) is 14.4 Å². The number of carbonyl (C=O) groups excluding carboxylic acids is 1. The number of para-hydroxylation sites is 2. The summed E-state index contributed by atoms with van der Waals surface area (Å²) in [4.78, 5) is 23.3. The third kappa shape index (κ3) is 4.01. The van der Waals surface area contributed by atoms with E-state index in [-0.39, 0.29) is 11.7 Å². The zero-order chi connectivity index (χ0) is 17.0. The van der Waals surface area contributed by atoms with E-state index in [1.807, 2.05) is 32.0 Å². The molecule has 2 rings (SSSR count). The predicted molar refractivity (Wildman–Crippen MR) is 91.7 cm³/mol. The zero-order valence-corrected chi connectivity index (χ0v) is 13.9. The summed E-state index contributed by atoms with van der Waals surface area (Å²) in [5.41, 5.74) is 2.65. The Bertz CT molecular complexity index is 729. The van der Waals surface area contributed by atoms with Gasteiger partial charge in [-0.2, -0.15) is 0 Å². The van der Waals surface area contributed by atoms with Crippen LogP contribution in [0.4, 0.5) is 16.2 Å². The number of anilines is 1. The van der Waals surface area contributed by atoms with E-state index in [0.29, 0.717) is 4.90 Å². The molecule has 0 aliphatic rings. The van der Waals surface area contributed by atoms with Gasteiger partial charge in [0.2, 0.25) is 0 Å². The fourth-order valence-corrected chi connectivity index (χ4v) is 2.87. The third-order valence-corrected chi connectivity index (χ3v) is 4.28. The highest BCUT2D eigenvalue weighted by Gasteiger charge is 2.18. The van der Waals surface area contributed by atoms with Crippen molar-refractivity contribution < 1.29 is 9.72 Å². The van der Waals surface area contributed by atoms with E-state index in [9.17, 15) is 14.9 Å². The molecular formula is C16H17N3O3S. The molecule has 0 heterocycles. The van der Waals surface area contributed by atoms with E-state index < -0.39 is 4.92 Å². The minimum atomic E-state index is -0.459. The maximum Gasteiger partial charge on any atom is 0.331 e. The second-order valence-electron chi connectivity index (χ2n) is 5.01. The van der Waals surface area contributed by atoms with Gasteiger partial charge in [-0.25, -0.2) is 4.79 Å². The fraction of sp³-hybridized carbons (Fsp3) is 0.188. The number of amides is 2. The van der Waals surface area contributed by atoms with Crippen LogP contribution in [0.1, 0.15) is 11.1 Å². The molecule has 0 unspecified atom stereocenters. The quantitative estimate of drug-likeness (QED) is 0.512. The first-order chi connectivity index (χ1) is 10.9. The van der Waals surface area contributed by atoms with Gasteiger partial charge in [-0.15, -0.1) is 0 Å². The maximum atomic E-state index is 12.3. The molecule has 0 saturated heterocycles. The first-order valence-electron chi connectivity index (χ1n) is 6.92. The van der Waals surface area contributed by atoms with Crippen LogP contribution in [0.2, 0.25) is 0 Å². The summed E-state index contributed by atoms with van der Waals surface area (Å²) < 4.78 is 1.34. The third-order valence-electron chi connectivity index (χ3n) is 3.30. The highest BCUT2D eigenvalue weighted by molar-refractivity contribution is 7.97. The van der Waals surface area contributed by atoms with E-state index in [0.717, 1.165) is 28.8 Å². The molecule has 0 aliphatic heterocycles. The largest absolute Gasteiger partial charge is 0.331 e. The monoisotopic (exact) mass is 331 g/mol. The highest BCUT2D eigenvalue weighted by Crippen LogP contribution is 2.31. The van der Waals surface area contributed by atoms with Crippen molar-refractivity contribution >= 4 is 29.4 Å². The predicted octanol–water partition coefficient (Wildman–Crippen LogP) is 4.38. The van der Waals surface area contributed by atoms with Crippen LogP contribution in [-0.4, -0.2) is 22.3 Å². The Hall–Kier alpha value is -2.54. The number of nitro groups is 1. The second kappa shape index (κ2) is 7.15. The Labute approximate surface area is 138 Å². The smallest absolute Gasteiger partial charge is 0.307 e. The van der Waals surface area contributed by atoms with E-state index in [4.69, 9.17) is 0 Å². The fourth-order valence-electron chi connectivity index (χ4n) is 2.07. The number of nitrogens with zero attached hydrogens (tertiary/aromatic N) is 2. The molecule has 0 spiro atoms. The second-order valence-corrected chi connectivity index (χ2v) is 6.18. The lowest BCUT2D eigenvalue weighted by molar-refractivity contribution is -0.387. The molecule has 7 heteroatoms. The van der Waals surface area contributed by atoms with Crippen LogP contribution in [-0.2, 0) is 0 Å². The van der Waals surface area contributed by atoms with Crippen LogP contribution < -0.4 is 5.32 Å². The SMILES string of the molecule is Cc1cccc(C)c1NC(=O)N(C)Sc1ccccc1[N+](=O)[O-]. The van der Waals surface area contributed by atoms with Gasteiger partial charge in [0, 0.05) is 18.8 Å². The molecule has 23 heavy (non-hydrogen) atoms. The Morgan fingerprint density at radius 3 is 2.35 bits per heavy atom. The summed E-state index contributed by atoms with van der Waals surface area (Å²) in [6.07, 6.45) is 0. The van der Waals surface area contributed by atoms with Gasteiger partial charge < -0.3 is 5.32 Å². The average Bonchev–Trinajstić information content (AvgIpc) is 2.51. The number of nitrogens with one attached hydrogen (secondary N) is 1. The molecule has 0 bridgehead atoms. The number of nitro benzene ring substituents is 1. The number of rotatable bonds is 4. The lowest BCUT2D eigenvalue weighted by Crippen LogP contribution is -2.26. The number of benzene rings is 2. The van der Waals surface area contributed by atoms with Crippen LogP contribution in [0.25, 0.3) is 0 Å². The Morgan fingerprint density at radius 2 is 1.74 bits per heavy atom.